The molecule has 0 aliphatic heterocycles. The first kappa shape index (κ1) is 33.1. The molecule has 4 aromatic rings. The molecule has 46 heavy (non-hydrogen) atoms. The van der Waals surface area contributed by atoms with Gasteiger partial charge in [0.25, 0.3) is 27.5 Å². The number of ether oxygens (including phenoxy) is 2. The van der Waals surface area contributed by atoms with E-state index in [0.29, 0.717) is 22.7 Å². The molecule has 0 saturated heterocycles. The van der Waals surface area contributed by atoms with E-state index in [4.69, 9.17) is 9.47 Å². The highest BCUT2D eigenvalue weighted by atomic mass is 32.2. The van der Waals surface area contributed by atoms with E-state index in [-0.39, 0.29) is 34.3 Å². The fourth-order valence-electron chi connectivity index (χ4n) is 4.11. The van der Waals surface area contributed by atoms with Gasteiger partial charge in [0.05, 0.1) is 28.8 Å². The van der Waals surface area contributed by atoms with Crippen molar-refractivity contribution in [3.8, 4) is 11.5 Å². The average molecular weight is 646 g/mol. The van der Waals surface area contributed by atoms with Crippen LogP contribution in [0.5, 0.6) is 11.5 Å². The number of amides is 2. The fourth-order valence-corrected chi connectivity index (χ4v) is 5.56. The van der Waals surface area contributed by atoms with Crippen LogP contribution in [0.3, 0.4) is 0 Å². The highest BCUT2D eigenvalue weighted by Gasteiger charge is 2.29. The number of nitrogens with zero attached hydrogens (tertiary/aromatic N) is 3. The Morgan fingerprint density at radius 3 is 2.20 bits per heavy atom. The van der Waals surface area contributed by atoms with Crippen molar-refractivity contribution >= 4 is 45.1 Å². The molecule has 0 atom stereocenters. The molecule has 2 N–H and O–H groups in total. The first-order chi connectivity index (χ1) is 22.0. The predicted molar refractivity (Wildman–Crippen MR) is 173 cm³/mol. The summed E-state index contributed by atoms with van der Waals surface area (Å²) < 4.78 is 38.8. The number of nitro benzene ring substituents is 1. The fraction of sp³-hybridized carbons (Fsp3) is 0.156. The van der Waals surface area contributed by atoms with Gasteiger partial charge in [-0.25, -0.2) is 13.8 Å². The molecular formula is C32H31N5O8S. The third-order valence-electron chi connectivity index (χ3n) is 6.60. The summed E-state index contributed by atoms with van der Waals surface area (Å²) >= 11 is 0. The van der Waals surface area contributed by atoms with Crippen LogP contribution in [-0.4, -0.2) is 51.6 Å². The van der Waals surface area contributed by atoms with Gasteiger partial charge in [-0.3, -0.25) is 24.0 Å². The van der Waals surface area contributed by atoms with E-state index >= 15 is 0 Å². The third-order valence-corrected chi connectivity index (χ3v) is 8.37. The van der Waals surface area contributed by atoms with Crippen LogP contribution in [-0.2, 0) is 19.6 Å². The minimum absolute atomic E-state index is 0.131. The van der Waals surface area contributed by atoms with Crippen LogP contribution in [0.2, 0.25) is 0 Å². The van der Waals surface area contributed by atoms with Crippen molar-refractivity contribution in [1.29, 1.82) is 0 Å². The zero-order chi connectivity index (χ0) is 33.3. The number of sulfonamides is 1. The minimum Gasteiger partial charge on any atom is -0.497 e. The molecule has 0 aromatic heterocycles. The molecule has 0 aliphatic carbocycles. The van der Waals surface area contributed by atoms with E-state index in [2.05, 4.69) is 15.8 Å². The Hall–Kier alpha value is -5.76. The molecule has 0 unspecified atom stereocenters. The summed E-state index contributed by atoms with van der Waals surface area (Å²) in [7, 11) is -2.97. The van der Waals surface area contributed by atoms with Gasteiger partial charge in [0.2, 0.25) is 0 Å². The first-order valence-corrected chi connectivity index (χ1v) is 15.2. The topological polar surface area (TPSA) is 170 Å². The highest BCUT2D eigenvalue weighted by Crippen LogP contribution is 2.29. The Kier molecular flexibility index (Phi) is 10.7. The lowest BCUT2D eigenvalue weighted by molar-refractivity contribution is -0.385. The molecule has 0 bridgehead atoms. The number of nitrogens with one attached hydrogen (secondary N) is 2. The van der Waals surface area contributed by atoms with Gasteiger partial charge in [0.1, 0.15) is 18.0 Å². The summed E-state index contributed by atoms with van der Waals surface area (Å²) in [4.78, 5) is 35.5. The van der Waals surface area contributed by atoms with Crippen molar-refractivity contribution in [2.75, 3.05) is 29.9 Å². The lowest BCUT2D eigenvalue weighted by Gasteiger charge is -2.24. The number of hydrogen-bond donors (Lipinski definition) is 2. The smallest absolute Gasteiger partial charge is 0.273 e. The molecule has 13 nitrogen and oxygen atoms in total. The first-order valence-electron chi connectivity index (χ1n) is 13.8. The van der Waals surface area contributed by atoms with Crippen molar-refractivity contribution < 1.29 is 32.4 Å². The van der Waals surface area contributed by atoms with Crippen molar-refractivity contribution in [3.63, 3.8) is 0 Å². The standard InChI is InChI=1S/C32H31N5O8S/c1-22-4-9-25(10-5-22)34-32(39)21-45-28-13-7-24(8-14-28)19-33-35-31(38)20-36(26-11-15-27(44-3)16-12-26)46(42,43)29-17-6-23(2)30(18-29)37(40)41/h4-19H,20-21H2,1-3H3,(H,34,39)(H,35,38)/b33-19-. The second-order valence-electron chi connectivity index (χ2n) is 9.98. The Morgan fingerprint density at radius 2 is 1.57 bits per heavy atom. The largest absolute Gasteiger partial charge is 0.497 e. The molecular weight excluding hydrogens is 614 g/mol. The maximum atomic E-state index is 13.7. The number of benzene rings is 4. The summed E-state index contributed by atoms with van der Waals surface area (Å²) in [6, 6.07) is 23.4. The number of anilines is 2. The maximum absolute atomic E-state index is 13.7. The summed E-state index contributed by atoms with van der Waals surface area (Å²) in [5, 5.41) is 18.1. The van der Waals surface area contributed by atoms with Crippen LogP contribution in [0.1, 0.15) is 16.7 Å². The number of rotatable bonds is 13. The highest BCUT2D eigenvalue weighted by molar-refractivity contribution is 7.92. The number of aryl methyl sites for hydroxylation is 2. The van der Waals surface area contributed by atoms with Gasteiger partial charge >= 0.3 is 0 Å². The predicted octanol–water partition coefficient (Wildman–Crippen LogP) is 4.58. The molecule has 0 radical (unpaired) electrons. The number of hydrazone groups is 1. The molecule has 0 heterocycles. The summed E-state index contributed by atoms with van der Waals surface area (Å²) in [6.45, 7) is 2.58. The van der Waals surface area contributed by atoms with Gasteiger partial charge in [-0.2, -0.15) is 5.10 Å². The van der Waals surface area contributed by atoms with Gasteiger partial charge in [-0.1, -0.05) is 23.8 Å². The van der Waals surface area contributed by atoms with E-state index in [1.807, 2.05) is 19.1 Å². The van der Waals surface area contributed by atoms with Crippen LogP contribution in [0.4, 0.5) is 17.1 Å². The number of carbonyl (C=O) groups excluding carboxylic acids is 2. The van der Waals surface area contributed by atoms with Crippen LogP contribution in [0, 0.1) is 24.0 Å². The van der Waals surface area contributed by atoms with Crippen LogP contribution in [0.25, 0.3) is 0 Å². The van der Waals surface area contributed by atoms with E-state index < -0.39 is 27.4 Å². The van der Waals surface area contributed by atoms with Crippen LogP contribution < -0.4 is 24.5 Å². The third kappa shape index (κ3) is 8.66. The SMILES string of the molecule is COc1ccc(N(CC(=O)N/N=C\c2ccc(OCC(=O)Nc3ccc(C)cc3)cc2)S(=O)(=O)c2ccc(C)c([N+](=O)[O-])c2)cc1. The summed E-state index contributed by atoms with van der Waals surface area (Å²) in [5.41, 5.74) is 4.68. The summed E-state index contributed by atoms with van der Waals surface area (Å²) in [5.74, 6) is -0.180. The van der Waals surface area contributed by atoms with E-state index in [9.17, 15) is 28.1 Å². The average Bonchev–Trinajstić information content (AvgIpc) is 3.04. The van der Waals surface area contributed by atoms with Gasteiger partial charge in [-0.15, -0.1) is 0 Å². The zero-order valence-corrected chi connectivity index (χ0v) is 26.0. The molecule has 0 fully saturated rings. The number of nitro groups is 1. The molecule has 0 aliphatic rings. The lowest BCUT2D eigenvalue weighted by Crippen LogP contribution is -2.39. The van der Waals surface area contributed by atoms with Crippen molar-refractivity contribution in [3.05, 3.63) is 118 Å². The van der Waals surface area contributed by atoms with E-state index in [0.717, 1.165) is 15.9 Å². The molecule has 4 aromatic carbocycles. The maximum Gasteiger partial charge on any atom is 0.273 e. The normalized spacial score (nSPS) is 11.1. The van der Waals surface area contributed by atoms with Crippen molar-refractivity contribution in [2.24, 2.45) is 5.10 Å². The van der Waals surface area contributed by atoms with Gasteiger partial charge in [0.15, 0.2) is 6.61 Å². The number of carbonyl (C=O) groups is 2. The number of methoxy groups -OCH3 is 1. The zero-order valence-electron chi connectivity index (χ0n) is 25.2. The monoisotopic (exact) mass is 645 g/mol. The van der Waals surface area contributed by atoms with Gasteiger partial charge in [0, 0.05) is 17.3 Å². The molecule has 4 rings (SSSR count). The Balaban J connectivity index is 1.40. The van der Waals surface area contributed by atoms with Crippen molar-refractivity contribution in [1.82, 2.24) is 5.43 Å². The van der Waals surface area contributed by atoms with Crippen LogP contribution >= 0.6 is 0 Å². The minimum atomic E-state index is -4.42. The van der Waals surface area contributed by atoms with Crippen molar-refractivity contribution in [2.45, 2.75) is 18.7 Å². The molecule has 0 spiro atoms. The van der Waals surface area contributed by atoms with E-state index in [1.54, 1.807) is 36.4 Å². The Morgan fingerprint density at radius 1 is 0.913 bits per heavy atom. The second kappa shape index (κ2) is 14.8. The second-order valence-corrected chi connectivity index (χ2v) is 11.8. The van der Waals surface area contributed by atoms with E-state index in [1.165, 1.54) is 56.6 Å². The van der Waals surface area contributed by atoms with Gasteiger partial charge in [-0.05, 0) is 86.1 Å². The molecule has 2 amide bonds. The van der Waals surface area contributed by atoms with Gasteiger partial charge < -0.3 is 14.8 Å². The quantitative estimate of drug-likeness (QED) is 0.121. The lowest BCUT2D eigenvalue weighted by atomic mass is 10.2. The number of hydrogen-bond acceptors (Lipinski definition) is 9. The molecule has 0 saturated carbocycles. The Labute approximate surface area is 265 Å². The molecule has 14 heteroatoms. The van der Waals surface area contributed by atoms with Crippen LogP contribution in [0.15, 0.2) is 101 Å². The molecule has 238 valence electrons. The summed E-state index contributed by atoms with van der Waals surface area (Å²) in [6.07, 6.45) is 1.35. The Bertz CT molecular complexity index is 1840.